The van der Waals surface area contributed by atoms with Crippen LogP contribution in [-0.4, -0.2) is 61.0 Å². The molecule has 3 heterocycles. The summed E-state index contributed by atoms with van der Waals surface area (Å²) in [6.45, 7) is 8.96. The Balaban J connectivity index is 0.00000225. The number of hydrogen-bond donors (Lipinski definition) is 1. The van der Waals surface area contributed by atoms with Gasteiger partial charge < -0.3 is 15.1 Å². The molecule has 0 unspecified atom stereocenters. The molecular formula is C19H32ClN3OS. The summed E-state index contributed by atoms with van der Waals surface area (Å²) >= 11 is 1.57. The summed E-state index contributed by atoms with van der Waals surface area (Å²) in [5.41, 5.74) is 0. The van der Waals surface area contributed by atoms with Crippen molar-refractivity contribution in [3.63, 3.8) is 0 Å². The van der Waals surface area contributed by atoms with Crippen LogP contribution < -0.4 is 5.32 Å². The highest BCUT2D eigenvalue weighted by Gasteiger charge is 2.29. The molecule has 0 saturated carbocycles. The van der Waals surface area contributed by atoms with Crippen LogP contribution in [0, 0.1) is 5.92 Å². The molecule has 2 aliphatic heterocycles. The number of halogens is 1. The van der Waals surface area contributed by atoms with Gasteiger partial charge in [-0.15, -0.1) is 23.7 Å². The van der Waals surface area contributed by atoms with Crippen LogP contribution in [0.15, 0.2) is 17.5 Å². The highest BCUT2D eigenvalue weighted by Crippen LogP contribution is 2.23. The van der Waals surface area contributed by atoms with E-state index in [1.54, 1.807) is 11.3 Å². The Bertz CT molecular complexity index is 497. The number of hydrogen-bond acceptors (Lipinski definition) is 4. The van der Waals surface area contributed by atoms with Gasteiger partial charge in [-0.2, -0.15) is 0 Å². The Morgan fingerprint density at radius 2 is 2.00 bits per heavy atom. The fourth-order valence-electron chi connectivity index (χ4n) is 4.08. The van der Waals surface area contributed by atoms with Crippen molar-refractivity contribution >= 4 is 29.7 Å². The predicted molar refractivity (Wildman–Crippen MR) is 108 cm³/mol. The smallest absolute Gasteiger partial charge is 0.264 e. The van der Waals surface area contributed by atoms with Gasteiger partial charge in [0.15, 0.2) is 0 Å². The number of likely N-dealkylation sites (tertiary alicyclic amines) is 1. The normalized spacial score (nSPS) is 20.2. The SMILES string of the molecule is CCCN(C(=O)c1cccs1)C1CCN(CC2CCNCC2)CC1.Cl. The first-order chi connectivity index (χ1) is 11.8. The van der Waals surface area contributed by atoms with E-state index < -0.39 is 0 Å². The quantitative estimate of drug-likeness (QED) is 0.814. The molecule has 0 aromatic carbocycles. The van der Waals surface area contributed by atoms with Gasteiger partial charge in [0.2, 0.25) is 0 Å². The summed E-state index contributed by atoms with van der Waals surface area (Å²) in [7, 11) is 0. The molecule has 4 nitrogen and oxygen atoms in total. The lowest BCUT2D eigenvalue weighted by Gasteiger charge is -2.40. The molecule has 3 rings (SSSR count). The van der Waals surface area contributed by atoms with Crippen molar-refractivity contribution in [2.24, 2.45) is 5.92 Å². The number of rotatable bonds is 6. The maximum absolute atomic E-state index is 12.8. The first-order valence-corrected chi connectivity index (χ1v) is 10.4. The van der Waals surface area contributed by atoms with Crippen molar-refractivity contribution < 1.29 is 4.79 Å². The van der Waals surface area contributed by atoms with E-state index in [2.05, 4.69) is 22.0 Å². The Morgan fingerprint density at radius 1 is 1.28 bits per heavy atom. The van der Waals surface area contributed by atoms with Crippen LogP contribution in [0.4, 0.5) is 0 Å². The lowest BCUT2D eigenvalue weighted by atomic mass is 9.95. The molecule has 0 radical (unpaired) electrons. The molecule has 25 heavy (non-hydrogen) atoms. The van der Waals surface area contributed by atoms with Crippen molar-refractivity contribution in [1.29, 1.82) is 0 Å². The van der Waals surface area contributed by atoms with Gasteiger partial charge in [-0.05, 0) is 62.6 Å². The zero-order valence-electron chi connectivity index (χ0n) is 15.3. The third kappa shape index (κ3) is 5.68. The maximum atomic E-state index is 12.8. The molecule has 6 heteroatoms. The molecule has 0 spiro atoms. The van der Waals surface area contributed by atoms with E-state index in [0.29, 0.717) is 6.04 Å². The monoisotopic (exact) mass is 385 g/mol. The second-order valence-electron chi connectivity index (χ2n) is 7.20. The summed E-state index contributed by atoms with van der Waals surface area (Å²) in [4.78, 5) is 18.5. The molecule has 1 N–H and O–H groups in total. The number of nitrogens with zero attached hydrogens (tertiary/aromatic N) is 2. The minimum atomic E-state index is 0. The fraction of sp³-hybridized carbons (Fsp3) is 0.737. The van der Waals surface area contributed by atoms with E-state index in [-0.39, 0.29) is 18.3 Å². The first kappa shape index (κ1) is 20.7. The molecule has 1 aromatic rings. The minimum Gasteiger partial charge on any atom is -0.335 e. The van der Waals surface area contributed by atoms with Gasteiger partial charge >= 0.3 is 0 Å². The number of carbonyl (C=O) groups excluding carboxylic acids is 1. The average Bonchev–Trinajstić information content (AvgIpc) is 3.16. The van der Waals surface area contributed by atoms with Crippen LogP contribution in [0.5, 0.6) is 0 Å². The van der Waals surface area contributed by atoms with Gasteiger partial charge in [-0.3, -0.25) is 4.79 Å². The van der Waals surface area contributed by atoms with Crippen LogP contribution in [0.3, 0.4) is 0 Å². The molecule has 0 atom stereocenters. The lowest BCUT2D eigenvalue weighted by Crippen LogP contribution is -2.48. The topological polar surface area (TPSA) is 35.6 Å². The van der Waals surface area contributed by atoms with Gasteiger partial charge in [0.1, 0.15) is 0 Å². The van der Waals surface area contributed by atoms with Crippen molar-refractivity contribution in [3.8, 4) is 0 Å². The Kier molecular flexibility index (Phi) is 8.70. The van der Waals surface area contributed by atoms with Gasteiger partial charge in [-0.1, -0.05) is 13.0 Å². The highest BCUT2D eigenvalue weighted by atomic mass is 35.5. The zero-order chi connectivity index (χ0) is 16.8. The highest BCUT2D eigenvalue weighted by molar-refractivity contribution is 7.12. The van der Waals surface area contributed by atoms with Gasteiger partial charge in [0.25, 0.3) is 5.91 Å². The molecule has 2 aliphatic rings. The number of piperidine rings is 2. The van der Waals surface area contributed by atoms with Crippen LogP contribution in [-0.2, 0) is 0 Å². The molecule has 142 valence electrons. The molecule has 2 fully saturated rings. The predicted octanol–water partition coefficient (Wildman–Crippen LogP) is 3.49. The van der Waals surface area contributed by atoms with E-state index in [0.717, 1.165) is 49.7 Å². The molecule has 0 aliphatic carbocycles. The minimum absolute atomic E-state index is 0. The molecule has 1 aromatic heterocycles. The van der Waals surface area contributed by atoms with Gasteiger partial charge in [0.05, 0.1) is 4.88 Å². The standard InChI is InChI=1S/C19H31N3OS.ClH/c1-2-11-22(19(23)18-4-3-14-24-18)17-7-12-21(13-8-17)15-16-5-9-20-10-6-16;/h3-4,14,16-17,20H,2,5-13,15H2,1H3;1H. The van der Waals surface area contributed by atoms with E-state index in [4.69, 9.17) is 0 Å². The maximum Gasteiger partial charge on any atom is 0.264 e. The molecule has 0 bridgehead atoms. The van der Waals surface area contributed by atoms with Crippen LogP contribution in [0.25, 0.3) is 0 Å². The summed E-state index contributed by atoms with van der Waals surface area (Å²) < 4.78 is 0. The third-order valence-electron chi connectivity index (χ3n) is 5.43. The van der Waals surface area contributed by atoms with Crippen molar-refractivity contribution in [2.75, 3.05) is 39.3 Å². The van der Waals surface area contributed by atoms with Crippen molar-refractivity contribution in [3.05, 3.63) is 22.4 Å². The van der Waals surface area contributed by atoms with E-state index in [1.807, 2.05) is 17.5 Å². The molecular weight excluding hydrogens is 354 g/mol. The summed E-state index contributed by atoms with van der Waals surface area (Å²) in [5.74, 6) is 1.10. The Morgan fingerprint density at radius 3 is 2.60 bits per heavy atom. The lowest BCUT2D eigenvalue weighted by molar-refractivity contribution is 0.0555. The summed E-state index contributed by atoms with van der Waals surface area (Å²) in [5, 5.41) is 5.45. The summed E-state index contributed by atoms with van der Waals surface area (Å²) in [6, 6.07) is 4.36. The van der Waals surface area contributed by atoms with Crippen molar-refractivity contribution in [1.82, 2.24) is 15.1 Å². The van der Waals surface area contributed by atoms with Crippen LogP contribution in [0.1, 0.15) is 48.7 Å². The second kappa shape index (κ2) is 10.5. The Labute approximate surface area is 162 Å². The summed E-state index contributed by atoms with van der Waals surface area (Å²) in [6.07, 6.45) is 5.92. The van der Waals surface area contributed by atoms with Crippen LogP contribution >= 0.6 is 23.7 Å². The fourth-order valence-corrected chi connectivity index (χ4v) is 4.75. The zero-order valence-corrected chi connectivity index (χ0v) is 16.9. The number of carbonyl (C=O) groups is 1. The van der Waals surface area contributed by atoms with Crippen LogP contribution in [0.2, 0.25) is 0 Å². The molecule has 1 amide bonds. The van der Waals surface area contributed by atoms with E-state index >= 15 is 0 Å². The van der Waals surface area contributed by atoms with Crippen molar-refractivity contribution in [2.45, 2.75) is 45.1 Å². The largest absolute Gasteiger partial charge is 0.335 e. The Hall–Kier alpha value is -0.620. The average molecular weight is 386 g/mol. The van der Waals surface area contributed by atoms with Gasteiger partial charge in [0, 0.05) is 32.2 Å². The van der Waals surface area contributed by atoms with E-state index in [1.165, 1.54) is 32.5 Å². The number of thiophene rings is 1. The van der Waals surface area contributed by atoms with Gasteiger partial charge in [-0.25, -0.2) is 0 Å². The molecule has 2 saturated heterocycles. The number of amides is 1. The first-order valence-electron chi connectivity index (χ1n) is 9.55. The third-order valence-corrected chi connectivity index (χ3v) is 6.29. The number of nitrogens with one attached hydrogen (secondary N) is 1. The van der Waals surface area contributed by atoms with E-state index in [9.17, 15) is 4.79 Å². The second-order valence-corrected chi connectivity index (χ2v) is 8.15.